The second kappa shape index (κ2) is 10.4. The number of amides is 1. The highest BCUT2D eigenvalue weighted by molar-refractivity contribution is 6.34. The van der Waals surface area contributed by atoms with Crippen LogP contribution in [0.1, 0.15) is 15.9 Å². The van der Waals surface area contributed by atoms with Crippen molar-refractivity contribution in [1.82, 2.24) is 0 Å². The molecule has 1 amide bonds. The van der Waals surface area contributed by atoms with Gasteiger partial charge in [-0.05, 0) is 35.9 Å². The summed E-state index contributed by atoms with van der Waals surface area (Å²) in [6, 6.07) is 14.2. The Kier molecular flexibility index (Phi) is 7.33. The van der Waals surface area contributed by atoms with E-state index in [2.05, 4.69) is 5.32 Å². The number of carboxylic acids is 1. The van der Waals surface area contributed by atoms with Crippen LogP contribution in [0.15, 0.2) is 54.6 Å². The van der Waals surface area contributed by atoms with Gasteiger partial charge in [-0.2, -0.15) is 0 Å². The van der Waals surface area contributed by atoms with Crippen LogP contribution in [-0.4, -0.2) is 43.3 Å². The van der Waals surface area contributed by atoms with Crippen molar-refractivity contribution in [3.05, 3.63) is 81.6 Å². The van der Waals surface area contributed by atoms with Gasteiger partial charge in [0.15, 0.2) is 0 Å². The van der Waals surface area contributed by atoms with E-state index in [1.807, 2.05) is 36.2 Å². The number of nitrogens with one attached hydrogen (secondary N) is 1. The van der Waals surface area contributed by atoms with Crippen molar-refractivity contribution in [3.8, 4) is 11.5 Å². The number of anilines is 2. The van der Waals surface area contributed by atoms with Gasteiger partial charge in [-0.1, -0.05) is 41.4 Å². The summed E-state index contributed by atoms with van der Waals surface area (Å²) in [4.78, 5) is 25.7. The second-order valence-electron chi connectivity index (χ2n) is 8.00. The number of halogens is 3. The van der Waals surface area contributed by atoms with Crippen molar-refractivity contribution in [3.63, 3.8) is 0 Å². The maximum atomic E-state index is 14.8. The third kappa shape index (κ3) is 5.78. The summed E-state index contributed by atoms with van der Waals surface area (Å²) in [6.07, 6.45) is -0.560. The number of hydrogen-bond donors (Lipinski definition) is 2. The lowest BCUT2D eigenvalue weighted by Crippen LogP contribution is -2.41. The molecule has 7 nitrogen and oxygen atoms in total. The Labute approximate surface area is 211 Å². The highest BCUT2D eigenvalue weighted by atomic mass is 35.5. The van der Waals surface area contributed by atoms with Crippen molar-refractivity contribution in [1.29, 1.82) is 0 Å². The lowest BCUT2D eigenvalue weighted by atomic mass is 10.1. The number of carboxylic acid groups (broad SMARTS) is 1. The third-order valence-electron chi connectivity index (χ3n) is 5.37. The van der Waals surface area contributed by atoms with Crippen molar-refractivity contribution in [2.45, 2.75) is 12.5 Å². The molecule has 0 bridgehead atoms. The number of likely N-dealkylation sites (N-methyl/N-ethyl adjacent to an activating group) is 1. The Morgan fingerprint density at radius 3 is 2.71 bits per heavy atom. The number of fused-ring (bicyclic) bond motifs is 1. The summed E-state index contributed by atoms with van der Waals surface area (Å²) in [5, 5.41) is 11.7. The maximum Gasteiger partial charge on any atom is 0.307 e. The molecule has 3 aromatic carbocycles. The fourth-order valence-electron chi connectivity index (χ4n) is 3.72. The zero-order valence-electron chi connectivity index (χ0n) is 18.6. The van der Waals surface area contributed by atoms with Crippen LogP contribution in [-0.2, 0) is 11.2 Å². The zero-order chi connectivity index (χ0) is 25.1. The fraction of sp³-hybridized carbons (Fsp3) is 0.200. The molecule has 0 unspecified atom stereocenters. The smallest absolute Gasteiger partial charge is 0.307 e. The van der Waals surface area contributed by atoms with Crippen LogP contribution >= 0.6 is 23.2 Å². The average Bonchev–Trinajstić information content (AvgIpc) is 2.81. The van der Waals surface area contributed by atoms with Crippen molar-refractivity contribution >= 4 is 46.5 Å². The van der Waals surface area contributed by atoms with E-state index in [9.17, 15) is 14.0 Å². The second-order valence-corrected chi connectivity index (χ2v) is 8.81. The Morgan fingerprint density at radius 1 is 1.17 bits per heavy atom. The van der Waals surface area contributed by atoms with E-state index in [1.54, 1.807) is 0 Å². The molecule has 1 aliphatic heterocycles. The van der Waals surface area contributed by atoms with Gasteiger partial charge in [-0.3, -0.25) is 9.59 Å². The summed E-state index contributed by atoms with van der Waals surface area (Å²) in [5.41, 5.74) is 1.24. The van der Waals surface area contributed by atoms with Crippen LogP contribution in [0.5, 0.6) is 11.5 Å². The Morgan fingerprint density at radius 2 is 1.94 bits per heavy atom. The zero-order valence-corrected chi connectivity index (χ0v) is 20.1. The first-order valence-corrected chi connectivity index (χ1v) is 11.4. The molecule has 0 saturated heterocycles. The number of aliphatic carboxylic acids is 1. The van der Waals surface area contributed by atoms with E-state index < -0.39 is 17.7 Å². The minimum Gasteiger partial charge on any atom is -0.488 e. The summed E-state index contributed by atoms with van der Waals surface area (Å²) < 4.78 is 26.5. The van der Waals surface area contributed by atoms with E-state index in [1.165, 1.54) is 24.3 Å². The van der Waals surface area contributed by atoms with Gasteiger partial charge < -0.3 is 24.8 Å². The summed E-state index contributed by atoms with van der Waals surface area (Å²) in [5.74, 6) is -1.86. The van der Waals surface area contributed by atoms with Crippen molar-refractivity contribution in [2.24, 2.45) is 0 Å². The normalized spacial score (nSPS) is 14.6. The quantitative estimate of drug-likeness (QED) is 0.441. The van der Waals surface area contributed by atoms with Crippen molar-refractivity contribution in [2.75, 3.05) is 30.4 Å². The number of nitrogens with zero attached hydrogens (tertiary/aromatic N) is 1. The van der Waals surface area contributed by atoms with Gasteiger partial charge in [0, 0.05) is 13.1 Å². The van der Waals surface area contributed by atoms with Crippen LogP contribution in [0.4, 0.5) is 15.8 Å². The van der Waals surface area contributed by atoms with Gasteiger partial charge >= 0.3 is 5.97 Å². The minimum absolute atomic E-state index is 0.0480. The van der Waals surface area contributed by atoms with Gasteiger partial charge in [0.25, 0.3) is 5.91 Å². The third-order valence-corrected chi connectivity index (χ3v) is 6.00. The first-order valence-electron chi connectivity index (χ1n) is 10.6. The van der Waals surface area contributed by atoms with E-state index in [4.69, 9.17) is 37.8 Å². The van der Waals surface area contributed by atoms with E-state index in [0.717, 1.165) is 17.5 Å². The summed E-state index contributed by atoms with van der Waals surface area (Å²) >= 11 is 12.4. The molecule has 0 fully saturated rings. The number of rotatable bonds is 7. The molecule has 1 heterocycles. The maximum absolute atomic E-state index is 14.8. The van der Waals surface area contributed by atoms with Gasteiger partial charge in [-0.25, -0.2) is 4.39 Å². The van der Waals surface area contributed by atoms with Gasteiger partial charge in [0.05, 0.1) is 39.9 Å². The molecule has 0 saturated carbocycles. The van der Waals surface area contributed by atoms with E-state index in [0.29, 0.717) is 12.1 Å². The highest BCUT2D eigenvalue weighted by Gasteiger charge is 2.24. The lowest BCUT2D eigenvalue weighted by molar-refractivity contribution is -0.136. The van der Waals surface area contributed by atoms with Crippen LogP contribution < -0.4 is 19.7 Å². The molecule has 0 aromatic heterocycles. The van der Waals surface area contributed by atoms with Crippen LogP contribution in [0.25, 0.3) is 0 Å². The Balaban J connectivity index is 1.44. The molecule has 4 rings (SSSR count). The SMILES string of the molecule is CN1C[C@@H](COc2cc(F)c(C(=O)Nc3cc(CC(=O)O)ccc3Cl)cc2Cl)Oc2ccccc21. The first kappa shape index (κ1) is 24.6. The number of carbonyl (C=O) groups is 2. The molecule has 1 atom stereocenters. The fourth-order valence-corrected chi connectivity index (χ4v) is 4.10. The number of ether oxygens (including phenoxy) is 2. The molecule has 2 N–H and O–H groups in total. The number of carbonyl (C=O) groups excluding carboxylic acids is 1. The lowest BCUT2D eigenvalue weighted by Gasteiger charge is -2.33. The molecule has 1 aliphatic rings. The average molecular weight is 519 g/mol. The molecular formula is C25H21Cl2FN2O5. The standard InChI is InChI=1S/C25H21Cl2FN2O5/c1-30-12-15(35-22-5-3-2-4-21(22)30)13-34-23-11-19(28)16(10-18(23)27)25(33)29-20-8-14(9-24(31)32)6-7-17(20)26/h2-8,10-11,15H,9,12-13H2,1H3,(H,29,33)(H,31,32)/t15-/m0/s1. The van der Waals surface area contributed by atoms with Crippen molar-refractivity contribution < 1.29 is 28.6 Å². The molecule has 35 heavy (non-hydrogen) atoms. The molecule has 182 valence electrons. The Bertz CT molecular complexity index is 1290. The van der Waals surface area contributed by atoms with E-state index >= 15 is 0 Å². The summed E-state index contributed by atoms with van der Waals surface area (Å²) in [6.45, 7) is 0.689. The molecule has 10 heteroatoms. The van der Waals surface area contributed by atoms with Gasteiger partial charge in [-0.15, -0.1) is 0 Å². The van der Waals surface area contributed by atoms with Crippen LogP contribution in [0.2, 0.25) is 10.0 Å². The van der Waals surface area contributed by atoms with Crippen LogP contribution in [0, 0.1) is 5.82 Å². The summed E-state index contributed by atoms with van der Waals surface area (Å²) in [7, 11) is 1.94. The molecule has 3 aromatic rings. The number of para-hydroxylation sites is 2. The predicted octanol–water partition coefficient (Wildman–Crippen LogP) is 5.29. The first-order chi connectivity index (χ1) is 16.7. The number of hydrogen-bond acceptors (Lipinski definition) is 5. The number of benzene rings is 3. The Hall–Kier alpha value is -3.49. The predicted molar refractivity (Wildman–Crippen MR) is 132 cm³/mol. The van der Waals surface area contributed by atoms with Crippen LogP contribution in [0.3, 0.4) is 0 Å². The monoisotopic (exact) mass is 518 g/mol. The molecule has 0 radical (unpaired) electrons. The van der Waals surface area contributed by atoms with Gasteiger partial charge in [0.2, 0.25) is 0 Å². The molecule has 0 spiro atoms. The molecule has 0 aliphatic carbocycles. The van der Waals surface area contributed by atoms with Gasteiger partial charge in [0.1, 0.15) is 30.0 Å². The largest absolute Gasteiger partial charge is 0.488 e. The van der Waals surface area contributed by atoms with E-state index in [-0.39, 0.29) is 46.2 Å². The molecular weight excluding hydrogens is 498 g/mol. The highest BCUT2D eigenvalue weighted by Crippen LogP contribution is 2.33. The topological polar surface area (TPSA) is 88.1 Å². The minimum atomic E-state index is -1.03.